The maximum atomic E-state index is 10.7. The van der Waals surface area contributed by atoms with Crippen LogP contribution in [-0.2, 0) is 14.4 Å². The first-order chi connectivity index (χ1) is 7.73. The Balaban J connectivity index is 3.80. The number of carbonyl (C=O) groups is 1. The number of hydrogen-bond acceptors (Lipinski definition) is 4. The molecule has 0 aromatic heterocycles. The van der Waals surface area contributed by atoms with Crippen molar-refractivity contribution < 1.29 is 14.4 Å². The normalized spacial score (nSPS) is 12.2. The van der Waals surface area contributed by atoms with Gasteiger partial charge in [-0.1, -0.05) is 0 Å². The first-order valence-electron chi connectivity index (χ1n) is 5.99. The molecule has 0 unspecified atom stereocenters. The van der Waals surface area contributed by atoms with Crippen molar-refractivity contribution in [3.8, 4) is 0 Å². The SMILES string of the molecule is CC(=O)NCCC(C)(C)OCN(C)OC(C)C. The van der Waals surface area contributed by atoms with Crippen molar-refractivity contribution in [3.63, 3.8) is 0 Å². The molecule has 102 valence electrons. The van der Waals surface area contributed by atoms with Gasteiger partial charge in [0.25, 0.3) is 0 Å². The lowest BCUT2D eigenvalue weighted by Gasteiger charge is -2.28. The molecule has 0 aliphatic heterocycles. The van der Waals surface area contributed by atoms with Gasteiger partial charge in [0.1, 0.15) is 6.73 Å². The molecule has 0 rings (SSSR count). The second-order valence-corrected chi connectivity index (χ2v) is 5.05. The number of nitrogens with zero attached hydrogens (tertiary/aromatic N) is 1. The number of hydroxylamine groups is 2. The van der Waals surface area contributed by atoms with Crippen molar-refractivity contribution in [2.45, 2.75) is 52.7 Å². The molecule has 0 atom stereocenters. The predicted molar refractivity (Wildman–Crippen MR) is 67.3 cm³/mol. The fraction of sp³-hybridized carbons (Fsp3) is 0.917. The summed E-state index contributed by atoms with van der Waals surface area (Å²) < 4.78 is 5.72. The summed E-state index contributed by atoms with van der Waals surface area (Å²) in [6, 6.07) is 0. The zero-order valence-electron chi connectivity index (χ0n) is 11.9. The smallest absolute Gasteiger partial charge is 0.216 e. The molecule has 0 bridgehead atoms. The van der Waals surface area contributed by atoms with Gasteiger partial charge < -0.3 is 10.1 Å². The second kappa shape index (κ2) is 7.63. The Morgan fingerprint density at radius 2 is 2.00 bits per heavy atom. The molecule has 0 fully saturated rings. The number of hydrogen-bond donors (Lipinski definition) is 1. The van der Waals surface area contributed by atoms with Gasteiger partial charge in [0.15, 0.2) is 0 Å². The quantitative estimate of drug-likeness (QED) is 0.521. The van der Waals surface area contributed by atoms with E-state index in [0.29, 0.717) is 13.3 Å². The van der Waals surface area contributed by atoms with Gasteiger partial charge in [-0.3, -0.25) is 9.63 Å². The molecule has 5 heteroatoms. The third-order valence-electron chi connectivity index (χ3n) is 2.13. The lowest BCUT2D eigenvalue weighted by Crippen LogP contribution is -2.36. The van der Waals surface area contributed by atoms with Crippen LogP contribution in [0.25, 0.3) is 0 Å². The lowest BCUT2D eigenvalue weighted by atomic mass is 10.1. The molecule has 0 saturated carbocycles. The van der Waals surface area contributed by atoms with Crippen LogP contribution in [0.1, 0.15) is 41.0 Å². The molecule has 0 saturated heterocycles. The van der Waals surface area contributed by atoms with Crippen LogP contribution in [0.4, 0.5) is 0 Å². The standard InChI is InChI=1S/C12H26N2O3/c1-10(2)17-14(6)9-16-12(4,5)7-8-13-11(3)15/h10H,7-9H2,1-6H3,(H,13,15). The molecule has 1 amide bonds. The van der Waals surface area contributed by atoms with E-state index >= 15 is 0 Å². The zero-order chi connectivity index (χ0) is 13.5. The third kappa shape index (κ3) is 10.2. The molecular weight excluding hydrogens is 220 g/mol. The third-order valence-corrected chi connectivity index (χ3v) is 2.13. The van der Waals surface area contributed by atoms with Crippen LogP contribution in [-0.4, -0.2) is 43.0 Å². The van der Waals surface area contributed by atoms with Crippen LogP contribution in [0.15, 0.2) is 0 Å². The van der Waals surface area contributed by atoms with Crippen molar-refractivity contribution in [2.75, 3.05) is 20.3 Å². The largest absolute Gasteiger partial charge is 0.358 e. The lowest BCUT2D eigenvalue weighted by molar-refractivity contribution is -0.234. The molecule has 1 N–H and O–H groups in total. The summed E-state index contributed by atoms with van der Waals surface area (Å²) in [7, 11) is 1.84. The summed E-state index contributed by atoms with van der Waals surface area (Å²) in [6.07, 6.45) is 0.911. The summed E-state index contributed by atoms with van der Waals surface area (Å²) in [4.78, 5) is 16.2. The first kappa shape index (κ1) is 16.4. The number of carbonyl (C=O) groups excluding carboxylic acids is 1. The monoisotopic (exact) mass is 246 g/mol. The van der Waals surface area contributed by atoms with Crippen LogP contribution in [0.3, 0.4) is 0 Å². The maximum Gasteiger partial charge on any atom is 0.216 e. The van der Waals surface area contributed by atoms with Crippen LogP contribution in [0.2, 0.25) is 0 Å². The van der Waals surface area contributed by atoms with Crippen molar-refractivity contribution >= 4 is 5.91 Å². The number of amides is 1. The topological polar surface area (TPSA) is 50.8 Å². The van der Waals surface area contributed by atoms with E-state index in [2.05, 4.69) is 5.32 Å². The molecule has 0 aromatic rings. The van der Waals surface area contributed by atoms with Gasteiger partial charge in [0.2, 0.25) is 5.91 Å². The highest BCUT2D eigenvalue weighted by molar-refractivity contribution is 5.72. The maximum absolute atomic E-state index is 10.7. The molecular formula is C12H26N2O3. The van der Waals surface area contributed by atoms with Crippen LogP contribution < -0.4 is 5.32 Å². The fourth-order valence-electron chi connectivity index (χ4n) is 1.27. The van der Waals surface area contributed by atoms with Crippen molar-refractivity contribution in [3.05, 3.63) is 0 Å². The Labute approximate surface area is 104 Å². The molecule has 0 heterocycles. The van der Waals surface area contributed by atoms with Gasteiger partial charge in [-0.2, -0.15) is 5.06 Å². The zero-order valence-corrected chi connectivity index (χ0v) is 11.9. The summed E-state index contributed by atoms with van der Waals surface area (Å²) in [5, 5.41) is 4.43. The highest BCUT2D eigenvalue weighted by Crippen LogP contribution is 2.14. The van der Waals surface area contributed by atoms with Gasteiger partial charge in [-0.05, 0) is 34.1 Å². The Hall–Kier alpha value is -0.650. The van der Waals surface area contributed by atoms with Crippen molar-refractivity contribution in [1.29, 1.82) is 0 Å². The Bertz CT molecular complexity index is 230. The molecule has 5 nitrogen and oxygen atoms in total. The van der Waals surface area contributed by atoms with E-state index in [-0.39, 0.29) is 17.6 Å². The predicted octanol–water partition coefficient (Wildman–Crippen LogP) is 1.54. The van der Waals surface area contributed by atoms with E-state index in [9.17, 15) is 4.79 Å². The van der Waals surface area contributed by atoms with Gasteiger partial charge in [0.05, 0.1) is 11.7 Å². The number of rotatable bonds is 8. The highest BCUT2D eigenvalue weighted by Gasteiger charge is 2.19. The minimum Gasteiger partial charge on any atom is -0.358 e. The van der Waals surface area contributed by atoms with E-state index in [4.69, 9.17) is 9.57 Å². The highest BCUT2D eigenvalue weighted by atomic mass is 16.7. The van der Waals surface area contributed by atoms with Crippen LogP contribution >= 0.6 is 0 Å². The van der Waals surface area contributed by atoms with Crippen LogP contribution in [0, 0.1) is 0 Å². The number of nitrogens with one attached hydrogen (secondary N) is 1. The van der Waals surface area contributed by atoms with Crippen molar-refractivity contribution in [1.82, 2.24) is 10.4 Å². The second-order valence-electron chi connectivity index (χ2n) is 5.05. The molecule has 0 aliphatic carbocycles. The molecule has 0 radical (unpaired) electrons. The molecule has 17 heavy (non-hydrogen) atoms. The minimum absolute atomic E-state index is 0.0129. The molecule has 0 spiro atoms. The summed E-state index contributed by atoms with van der Waals surface area (Å²) in [5.74, 6) is -0.0129. The summed E-state index contributed by atoms with van der Waals surface area (Å²) in [5.41, 5.74) is -0.281. The average molecular weight is 246 g/mol. The Kier molecular flexibility index (Phi) is 7.34. The van der Waals surface area contributed by atoms with Gasteiger partial charge in [0, 0.05) is 20.5 Å². The molecule has 0 aliphatic rings. The van der Waals surface area contributed by atoms with Crippen LogP contribution in [0.5, 0.6) is 0 Å². The molecule has 0 aromatic carbocycles. The van der Waals surface area contributed by atoms with Gasteiger partial charge in [-0.25, -0.2) is 0 Å². The summed E-state index contributed by atoms with van der Waals surface area (Å²) >= 11 is 0. The minimum atomic E-state index is -0.281. The average Bonchev–Trinajstić information content (AvgIpc) is 2.13. The van der Waals surface area contributed by atoms with Crippen molar-refractivity contribution in [2.24, 2.45) is 0 Å². The number of ether oxygens (including phenoxy) is 1. The summed E-state index contributed by atoms with van der Waals surface area (Å²) in [6.45, 7) is 10.5. The Morgan fingerprint density at radius 3 is 2.47 bits per heavy atom. The van der Waals surface area contributed by atoms with E-state index in [1.165, 1.54) is 6.92 Å². The van der Waals surface area contributed by atoms with E-state index in [1.807, 2.05) is 34.7 Å². The Morgan fingerprint density at radius 1 is 1.41 bits per heavy atom. The first-order valence-corrected chi connectivity index (χ1v) is 5.99. The van der Waals surface area contributed by atoms with E-state index in [1.54, 1.807) is 5.06 Å². The van der Waals surface area contributed by atoms with E-state index in [0.717, 1.165) is 6.42 Å². The van der Waals surface area contributed by atoms with Gasteiger partial charge >= 0.3 is 0 Å². The van der Waals surface area contributed by atoms with Gasteiger partial charge in [-0.15, -0.1) is 0 Å². The fourth-order valence-corrected chi connectivity index (χ4v) is 1.27. The van der Waals surface area contributed by atoms with E-state index < -0.39 is 0 Å².